The van der Waals surface area contributed by atoms with Crippen molar-refractivity contribution in [1.82, 2.24) is 10.1 Å². The smallest absolute Gasteiger partial charge is 0.306 e. The minimum atomic E-state index is -0.313. The van der Waals surface area contributed by atoms with E-state index < -0.39 is 0 Å². The van der Waals surface area contributed by atoms with Gasteiger partial charge in [0, 0.05) is 12.3 Å². The third-order valence-corrected chi connectivity index (χ3v) is 3.41. The Hall–Kier alpha value is -2.57. The number of aryl methyl sites for hydroxylation is 1. The van der Waals surface area contributed by atoms with Crippen molar-refractivity contribution >= 4 is 5.97 Å². The van der Waals surface area contributed by atoms with Gasteiger partial charge in [-0.1, -0.05) is 25.1 Å². The molecule has 0 unspecified atom stereocenters. The molecule has 1 aliphatic rings. The summed E-state index contributed by atoms with van der Waals surface area (Å²) in [6.07, 6.45) is 0.835. The van der Waals surface area contributed by atoms with Gasteiger partial charge in [-0.25, -0.2) is 0 Å². The van der Waals surface area contributed by atoms with Gasteiger partial charge in [-0.3, -0.25) is 4.79 Å². The van der Waals surface area contributed by atoms with Crippen LogP contribution in [0.3, 0.4) is 0 Å². The summed E-state index contributed by atoms with van der Waals surface area (Å²) in [4.78, 5) is 16.0. The number of esters is 1. The number of benzene rings is 1. The molecule has 0 saturated heterocycles. The average Bonchev–Trinajstić information content (AvgIpc) is 3.19. The number of fused-ring (bicyclic) bond motifs is 1. The van der Waals surface area contributed by atoms with E-state index in [-0.39, 0.29) is 31.7 Å². The number of ether oxygens (including phenoxy) is 3. The second-order valence-corrected chi connectivity index (χ2v) is 5.55. The zero-order chi connectivity index (χ0) is 16.2. The first-order valence-electron chi connectivity index (χ1n) is 7.48. The lowest BCUT2D eigenvalue weighted by Crippen LogP contribution is -2.06. The fraction of sp³-hybridized carbons (Fsp3) is 0.438. The van der Waals surface area contributed by atoms with Gasteiger partial charge >= 0.3 is 5.97 Å². The van der Waals surface area contributed by atoms with Crippen LogP contribution in [0.2, 0.25) is 0 Å². The van der Waals surface area contributed by atoms with E-state index in [1.807, 2.05) is 32.0 Å². The molecule has 0 aliphatic carbocycles. The predicted molar refractivity (Wildman–Crippen MR) is 79.1 cm³/mol. The summed E-state index contributed by atoms with van der Waals surface area (Å²) in [5, 5.41) is 3.82. The van der Waals surface area contributed by atoms with E-state index in [1.165, 1.54) is 0 Å². The lowest BCUT2D eigenvalue weighted by molar-refractivity contribution is -0.145. The number of carbonyl (C=O) groups excluding carboxylic acids is 1. The SMILES string of the molecule is CC(C)c1noc(COC(=O)CCc2ccc3c(c2)OCO3)n1. The number of aromatic nitrogens is 2. The maximum Gasteiger partial charge on any atom is 0.306 e. The Morgan fingerprint density at radius 1 is 1.30 bits per heavy atom. The van der Waals surface area contributed by atoms with Crippen molar-refractivity contribution in [2.75, 3.05) is 6.79 Å². The normalized spacial score (nSPS) is 12.7. The van der Waals surface area contributed by atoms with Crippen molar-refractivity contribution in [3.8, 4) is 11.5 Å². The van der Waals surface area contributed by atoms with Gasteiger partial charge in [0.25, 0.3) is 5.89 Å². The molecule has 122 valence electrons. The highest BCUT2D eigenvalue weighted by Gasteiger charge is 2.15. The Balaban J connectivity index is 1.46. The summed E-state index contributed by atoms with van der Waals surface area (Å²) < 4.78 is 20.7. The van der Waals surface area contributed by atoms with Crippen LogP contribution in [0.1, 0.15) is 43.5 Å². The van der Waals surface area contributed by atoms with E-state index in [1.54, 1.807) is 0 Å². The monoisotopic (exact) mass is 318 g/mol. The van der Waals surface area contributed by atoms with Crippen molar-refractivity contribution in [3.05, 3.63) is 35.5 Å². The quantitative estimate of drug-likeness (QED) is 0.757. The van der Waals surface area contributed by atoms with E-state index in [0.29, 0.717) is 23.9 Å². The van der Waals surface area contributed by atoms with Gasteiger partial charge in [0.1, 0.15) is 0 Å². The van der Waals surface area contributed by atoms with Crippen LogP contribution in [-0.2, 0) is 22.6 Å². The fourth-order valence-electron chi connectivity index (χ4n) is 2.12. The van der Waals surface area contributed by atoms with Crippen LogP contribution >= 0.6 is 0 Å². The fourth-order valence-corrected chi connectivity index (χ4v) is 2.12. The number of carbonyl (C=O) groups is 1. The molecule has 0 amide bonds. The highest BCUT2D eigenvalue weighted by molar-refractivity contribution is 5.69. The molecule has 0 atom stereocenters. The van der Waals surface area contributed by atoms with Crippen LogP contribution in [0, 0.1) is 0 Å². The lowest BCUT2D eigenvalue weighted by atomic mass is 10.1. The molecule has 0 N–H and O–H groups in total. The van der Waals surface area contributed by atoms with Gasteiger partial charge in [-0.2, -0.15) is 4.98 Å². The first-order chi connectivity index (χ1) is 11.1. The van der Waals surface area contributed by atoms with Gasteiger partial charge in [0.15, 0.2) is 23.9 Å². The van der Waals surface area contributed by atoms with Crippen LogP contribution in [0.5, 0.6) is 11.5 Å². The van der Waals surface area contributed by atoms with Crippen LogP contribution in [0.25, 0.3) is 0 Å². The molecule has 7 nitrogen and oxygen atoms in total. The number of hydrogen-bond acceptors (Lipinski definition) is 7. The number of nitrogens with zero attached hydrogens (tertiary/aromatic N) is 2. The zero-order valence-electron chi connectivity index (χ0n) is 13.1. The van der Waals surface area contributed by atoms with E-state index in [0.717, 1.165) is 11.3 Å². The van der Waals surface area contributed by atoms with Crippen LogP contribution < -0.4 is 9.47 Å². The minimum absolute atomic E-state index is 0.000305. The Kier molecular flexibility index (Phi) is 4.45. The second kappa shape index (κ2) is 6.68. The topological polar surface area (TPSA) is 83.7 Å². The molecule has 3 rings (SSSR count). The van der Waals surface area contributed by atoms with Crippen molar-refractivity contribution in [1.29, 1.82) is 0 Å². The molecule has 1 aromatic heterocycles. The number of hydrogen-bond donors (Lipinski definition) is 0. The Labute approximate surface area is 133 Å². The summed E-state index contributed by atoms with van der Waals surface area (Å²) in [7, 11) is 0. The van der Waals surface area contributed by atoms with Crippen LogP contribution in [0.4, 0.5) is 0 Å². The van der Waals surface area contributed by atoms with Gasteiger partial charge in [0.2, 0.25) is 6.79 Å². The molecule has 0 fully saturated rings. The van der Waals surface area contributed by atoms with Crippen molar-refractivity contribution < 1.29 is 23.5 Å². The molecule has 0 saturated carbocycles. The van der Waals surface area contributed by atoms with E-state index >= 15 is 0 Å². The molecule has 2 heterocycles. The molecule has 2 aromatic rings. The largest absolute Gasteiger partial charge is 0.456 e. The Morgan fingerprint density at radius 2 is 2.13 bits per heavy atom. The highest BCUT2D eigenvalue weighted by Crippen LogP contribution is 2.32. The molecular formula is C16H18N2O5. The van der Waals surface area contributed by atoms with Crippen molar-refractivity contribution in [2.24, 2.45) is 0 Å². The summed E-state index contributed by atoms with van der Waals surface area (Å²) in [6, 6.07) is 5.63. The van der Waals surface area contributed by atoms with Gasteiger partial charge in [-0.05, 0) is 24.1 Å². The Morgan fingerprint density at radius 3 is 2.91 bits per heavy atom. The van der Waals surface area contributed by atoms with Gasteiger partial charge in [0.05, 0.1) is 0 Å². The average molecular weight is 318 g/mol. The molecule has 23 heavy (non-hydrogen) atoms. The second-order valence-electron chi connectivity index (χ2n) is 5.55. The third-order valence-electron chi connectivity index (χ3n) is 3.41. The van der Waals surface area contributed by atoms with Crippen molar-refractivity contribution in [2.45, 2.75) is 39.2 Å². The zero-order valence-corrected chi connectivity index (χ0v) is 13.1. The molecule has 7 heteroatoms. The highest BCUT2D eigenvalue weighted by atomic mass is 16.7. The minimum Gasteiger partial charge on any atom is -0.456 e. The standard InChI is InChI=1S/C16H18N2O5/c1-10(2)16-17-14(23-18-16)8-20-15(19)6-4-11-3-5-12-13(7-11)22-9-21-12/h3,5,7,10H,4,6,8-9H2,1-2H3. The molecular weight excluding hydrogens is 300 g/mol. The van der Waals surface area contributed by atoms with Crippen LogP contribution in [0.15, 0.2) is 22.7 Å². The molecule has 0 bridgehead atoms. The van der Waals surface area contributed by atoms with E-state index in [2.05, 4.69) is 10.1 Å². The summed E-state index contributed by atoms with van der Waals surface area (Å²) >= 11 is 0. The van der Waals surface area contributed by atoms with Gasteiger partial charge < -0.3 is 18.7 Å². The lowest BCUT2D eigenvalue weighted by Gasteiger charge is -2.03. The van der Waals surface area contributed by atoms with E-state index in [9.17, 15) is 4.79 Å². The third kappa shape index (κ3) is 3.80. The Bertz CT molecular complexity index is 696. The van der Waals surface area contributed by atoms with Crippen LogP contribution in [-0.4, -0.2) is 22.9 Å². The maximum atomic E-state index is 11.8. The van der Waals surface area contributed by atoms with Gasteiger partial charge in [-0.15, -0.1) is 0 Å². The van der Waals surface area contributed by atoms with E-state index in [4.69, 9.17) is 18.7 Å². The molecule has 1 aliphatic heterocycles. The molecule has 0 spiro atoms. The number of rotatable bonds is 6. The predicted octanol–water partition coefficient (Wildman–Crippen LogP) is 2.60. The maximum absolute atomic E-state index is 11.8. The van der Waals surface area contributed by atoms with Crippen molar-refractivity contribution in [3.63, 3.8) is 0 Å². The first kappa shape index (κ1) is 15.3. The molecule has 1 aromatic carbocycles. The summed E-state index contributed by atoms with van der Waals surface area (Å²) in [6.45, 7) is 4.17. The first-order valence-corrected chi connectivity index (χ1v) is 7.48. The summed E-state index contributed by atoms with van der Waals surface area (Å²) in [5.41, 5.74) is 0.992. The molecule has 0 radical (unpaired) electrons. The summed E-state index contributed by atoms with van der Waals surface area (Å²) in [5.74, 6) is 2.22.